The van der Waals surface area contributed by atoms with Gasteiger partial charge in [0.05, 0.1) is 4.47 Å². The number of halogens is 2. The number of benzene rings is 1. The third-order valence-electron chi connectivity index (χ3n) is 2.51. The second-order valence-electron chi connectivity index (χ2n) is 4.69. The Kier molecular flexibility index (Phi) is 5.67. The van der Waals surface area contributed by atoms with Crippen molar-refractivity contribution in [2.75, 3.05) is 0 Å². The van der Waals surface area contributed by atoms with Crippen molar-refractivity contribution in [3.05, 3.63) is 28.5 Å². The van der Waals surface area contributed by atoms with Crippen molar-refractivity contribution in [3.63, 3.8) is 0 Å². The number of carboxylic acid groups (broad SMARTS) is 1. The molecule has 5 nitrogen and oxygen atoms in total. The van der Waals surface area contributed by atoms with E-state index in [1.54, 1.807) is 13.8 Å². The van der Waals surface area contributed by atoms with Gasteiger partial charge in [0.2, 0.25) is 10.0 Å². The van der Waals surface area contributed by atoms with Gasteiger partial charge in [0.1, 0.15) is 10.9 Å². The number of carbonyl (C=O) groups is 1. The molecule has 0 saturated carbocycles. The molecule has 0 fully saturated rings. The van der Waals surface area contributed by atoms with Crippen LogP contribution in [0.1, 0.15) is 20.3 Å². The number of sulfonamides is 1. The van der Waals surface area contributed by atoms with Gasteiger partial charge < -0.3 is 5.11 Å². The Hall–Kier alpha value is -0.990. The highest BCUT2D eigenvalue weighted by Gasteiger charge is 2.28. The summed E-state index contributed by atoms with van der Waals surface area (Å²) in [5.74, 6) is -2.27. The van der Waals surface area contributed by atoms with Crippen molar-refractivity contribution in [1.29, 1.82) is 0 Å². The molecule has 0 bridgehead atoms. The SMILES string of the molecule is CC(C)CC(NS(=O)(=O)c1cccc(Br)c1F)C(=O)O. The molecule has 112 valence electrons. The lowest BCUT2D eigenvalue weighted by molar-refractivity contribution is -0.139. The quantitative estimate of drug-likeness (QED) is 0.808. The van der Waals surface area contributed by atoms with E-state index in [1.807, 2.05) is 4.72 Å². The van der Waals surface area contributed by atoms with Crippen molar-refractivity contribution in [3.8, 4) is 0 Å². The van der Waals surface area contributed by atoms with E-state index in [4.69, 9.17) is 5.11 Å². The summed E-state index contributed by atoms with van der Waals surface area (Å²) in [7, 11) is -4.24. The van der Waals surface area contributed by atoms with E-state index < -0.39 is 32.7 Å². The minimum Gasteiger partial charge on any atom is -0.480 e. The van der Waals surface area contributed by atoms with Gasteiger partial charge in [0.25, 0.3) is 0 Å². The Morgan fingerprint density at radius 2 is 2.05 bits per heavy atom. The van der Waals surface area contributed by atoms with Crippen molar-refractivity contribution in [1.82, 2.24) is 4.72 Å². The number of nitrogens with one attached hydrogen (secondary N) is 1. The van der Waals surface area contributed by atoms with Crippen LogP contribution in [0.25, 0.3) is 0 Å². The molecular formula is C12H15BrFNO4S. The molecule has 0 spiro atoms. The van der Waals surface area contributed by atoms with Crippen molar-refractivity contribution < 1.29 is 22.7 Å². The topological polar surface area (TPSA) is 83.5 Å². The van der Waals surface area contributed by atoms with Crippen LogP contribution in [0, 0.1) is 11.7 Å². The van der Waals surface area contributed by atoms with Crippen LogP contribution in [0.15, 0.2) is 27.6 Å². The lowest BCUT2D eigenvalue weighted by Gasteiger charge is -2.17. The molecule has 0 aromatic heterocycles. The maximum atomic E-state index is 13.8. The predicted octanol–water partition coefficient (Wildman–Crippen LogP) is 2.37. The summed E-state index contributed by atoms with van der Waals surface area (Å²) >= 11 is 2.89. The Labute approximate surface area is 125 Å². The minimum absolute atomic E-state index is 0.00360. The summed E-state index contributed by atoms with van der Waals surface area (Å²) in [4.78, 5) is 10.5. The van der Waals surface area contributed by atoms with Crippen LogP contribution in [0.4, 0.5) is 4.39 Å². The van der Waals surface area contributed by atoms with Crippen molar-refractivity contribution in [2.45, 2.75) is 31.2 Å². The average Bonchev–Trinajstić information content (AvgIpc) is 2.30. The lowest BCUT2D eigenvalue weighted by Crippen LogP contribution is -2.41. The molecule has 0 aliphatic carbocycles. The summed E-state index contributed by atoms with van der Waals surface area (Å²) in [6.07, 6.45) is 0.115. The van der Waals surface area contributed by atoms with E-state index in [0.717, 1.165) is 6.07 Å². The Bertz CT molecular complexity index is 603. The highest BCUT2D eigenvalue weighted by atomic mass is 79.9. The number of aliphatic carboxylic acids is 1. The monoisotopic (exact) mass is 367 g/mol. The summed E-state index contributed by atoms with van der Waals surface area (Å²) in [5, 5.41) is 9.03. The van der Waals surface area contributed by atoms with Crippen LogP contribution >= 0.6 is 15.9 Å². The van der Waals surface area contributed by atoms with Gasteiger partial charge in [-0.2, -0.15) is 4.72 Å². The summed E-state index contributed by atoms with van der Waals surface area (Å²) < 4.78 is 39.9. The number of hydrogen-bond donors (Lipinski definition) is 2. The van der Waals surface area contributed by atoms with E-state index >= 15 is 0 Å². The van der Waals surface area contributed by atoms with E-state index in [1.165, 1.54) is 12.1 Å². The fourth-order valence-corrected chi connectivity index (χ4v) is 3.41. The third kappa shape index (κ3) is 4.26. The predicted molar refractivity (Wildman–Crippen MR) is 75.3 cm³/mol. The molecule has 8 heteroatoms. The highest BCUT2D eigenvalue weighted by Crippen LogP contribution is 2.22. The molecule has 0 amide bonds. The standard InChI is InChI=1S/C12H15BrFNO4S/c1-7(2)6-9(12(16)17)15-20(18,19)10-5-3-4-8(13)11(10)14/h3-5,7,9,15H,6H2,1-2H3,(H,16,17). The average molecular weight is 368 g/mol. The van der Waals surface area contributed by atoms with Gasteiger partial charge in [-0.3, -0.25) is 4.79 Å². The molecule has 0 aliphatic heterocycles. The molecule has 2 N–H and O–H groups in total. The van der Waals surface area contributed by atoms with Gasteiger partial charge in [-0.1, -0.05) is 19.9 Å². The largest absolute Gasteiger partial charge is 0.480 e. The van der Waals surface area contributed by atoms with E-state index in [0.29, 0.717) is 0 Å². The second kappa shape index (κ2) is 6.64. The van der Waals surface area contributed by atoms with Gasteiger partial charge in [0.15, 0.2) is 5.82 Å². The molecule has 1 aromatic carbocycles. The highest BCUT2D eigenvalue weighted by molar-refractivity contribution is 9.10. The molecule has 1 aromatic rings. The third-order valence-corrected chi connectivity index (χ3v) is 4.61. The summed E-state index contributed by atoms with van der Waals surface area (Å²) in [5.41, 5.74) is 0. The van der Waals surface area contributed by atoms with Crippen LogP contribution in [0.3, 0.4) is 0 Å². The molecule has 1 unspecified atom stereocenters. The van der Waals surface area contributed by atoms with Gasteiger partial charge in [-0.15, -0.1) is 0 Å². The zero-order chi connectivity index (χ0) is 15.5. The van der Waals surface area contributed by atoms with Gasteiger partial charge in [-0.05, 0) is 40.4 Å². The zero-order valence-corrected chi connectivity index (χ0v) is 13.3. The van der Waals surface area contributed by atoms with Gasteiger partial charge >= 0.3 is 5.97 Å². The van der Waals surface area contributed by atoms with Crippen LogP contribution in [0.5, 0.6) is 0 Å². The first-order valence-corrected chi connectivity index (χ1v) is 8.12. The maximum Gasteiger partial charge on any atom is 0.321 e. The number of rotatable bonds is 6. The van der Waals surface area contributed by atoms with Crippen LogP contribution in [-0.4, -0.2) is 25.5 Å². The van der Waals surface area contributed by atoms with Crippen LogP contribution < -0.4 is 4.72 Å². The molecule has 0 heterocycles. The van der Waals surface area contributed by atoms with Crippen LogP contribution in [0.2, 0.25) is 0 Å². The normalized spacial score (nSPS) is 13.4. The number of hydrogen-bond acceptors (Lipinski definition) is 3. The Balaban J connectivity index is 3.10. The van der Waals surface area contributed by atoms with E-state index in [2.05, 4.69) is 15.9 Å². The van der Waals surface area contributed by atoms with Gasteiger partial charge in [-0.25, -0.2) is 12.8 Å². The maximum absolute atomic E-state index is 13.8. The summed E-state index contributed by atoms with van der Waals surface area (Å²) in [6, 6.07) is 2.51. The van der Waals surface area contributed by atoms with E-state index in [-0.39, 0.29) is 16.8 Å². The molecule has 20 heavy (non-hydrogen) atoms. The molecule has 1 rings (SSSR count). The molecule has 0 radical (unpaired) electrons. The minimum atomic E-state index is -4.24. The van der Waals surface area contributed by atoms with Gasteiger partial charge in [0, 0.05) is 0 Å². The molecular weight excluding hydrogens is 353 g/mol. The molecule has 1 atom stereocenters. The Morgan fingerprint density at radius 1 is 1.45 bits per heavy atom. The van der Waals surface area contributed by atoms with E-state index in [9.17, 15) is 17.6 Å². The number of carboxylic acids is 1. The van der Waals surface area contributed by atoms with Crippen LogP contribution in [-0.2, 0) is 14.8 Å². The fraction of sp³-hybridized carbons (Fsp3) is 0.417. The molecule has 0 saturated heterocycles. The fourth-order valence-electron chi connectivity index (χ4n) is 1.61. The first-order valence-electron chi connectivity index (χ1n) is 5.84. The summed E-state index contributed by atoms with van der Waals surface area (Å²) in [6.45, 7) is 3.54. The molecule has 0 aliphatic rings. The first-order chi connectivity index (χ1) is 9.15. The van der Waals surface area contributed by atoms with Crippen molar-refractivity contribution in [2.24, 2.45) is 5.92 Å². The first kappa shape index (κ1) is 17.1. The smallest absolute Gasteiger partial charge is 0.321 e. The zero-order valence-electron chi connectivity index (χ0n) is 10.9. The Morgan fingerprint density at radius 3 is 2.55 bits per heavy atom. The second-order valence-corrected chi connectivity index (χ2v) is 7.23. The van der Waals surface area contributed by atoms with Crippen molar-refractivity contribution >= 4 is 31.9 Å². The lowest BCUT2D eigenvalue weighted by atomic mass is 10.1.